The van der Waals surface area contributed by atoms with Gasteiger partial charge in [0.25, 0.3) is 5.91 Å². The van der Waals surface area contributed by atoms with Crippen molar-refractivity contribution in [2.45, 2.75) is 13.3 Å². The largest absolute Gasteiger partial charge is 0.493 e. The van der Waals surface area contributed by atoms with E-state index in [0.29, 0.717) is 53.4 Å². The fourth-order valence-electron chi connectivity index (χ4n) is 4.59. The number of rotatable bonds is 7. The van der Waals surface area contributed by atoms with Crippen molar-refractivity contribution in [3.05, 3.63) is 88.7 Å². The van der Waals surface area contributed by atoms with Gasteiger partial charge in [0.05, 0.1) is 17.9 Å². The van der Waals surface area contributed by atoms with Gasteiger partial charge >= 0.3 is 5.97 Å². The average Bonchev–Trinajstić information content (AvgIpc) is 3.00. The van der Waals surface area contributed by atoms with E-state index in [0.717, 1.165) is 28.0 Å². The van der Waals surface area contributed by atoms with Crippen LogP contribution in [0.25, 0.3) is 16.8 Å². The van der Waals surface area contributed by atoms with Crippen LogP contribution < -0.4 is 14.5 Å². The number of ether oxygens (including phenoxy) is 1. The number of carboxylic acid groups (broad SMARTS) is 1. The smallest absolute Gasteiger partial charge is 0.328 e. The Balaban J connectivity index is 1.39. The number of aromatic nitrogens is 2. The average molecular weight is 529 g/mol. The van der Waals surface area contributed by atoms with E-state index in [1.54, 1.807) is 36.4 Å². The maximum absolute atomic E-state index is 13.4. The molecule has 3 heterocycles. The molecule has 38 heavy (non-hydrogen) atoms. The van der Waals surface area contributed by atoms with Crippen LogP contribution in [0, 0.1) is 0 Å². The quantitative estimate of drug-likeness (QED) is 0.241. The maximum Gasteiger partial charge on any atom is 0.328 e. The van der Waals surface area contributed by atoms with Gasteiger partial charge in [-0.1, -0.05) is 41.9 Å². The Bertz CT molecular complexity index is 1590. The van der Waals surface area contributed by atoms with Gasteiger partial charge in [0.2, 0.25) is 0 Å². The number of aliphatic carboxylic acids is 1. The first kappa shape index (κ1) is 25.2. The van der Waals surface area contributed by atoms with E-state index in [1.165, 1.54) is 0 Å². The second-order valence-corrected chi connectivity index (χ2v) is 9.16. The van der Waals surface area contributed by atoms with E-state index in [4.69, 9.17) is 21.4 Å². The summed E-state index contributed by atoms with van der Waals surface area (Å²) in [7, 11) is 1.72. The molecule has 5 rings (SSSR count). The van der Waals surface area contributed by atoms with Crippen LogP contribution in [0.5, 0.6) is 5.75 Å². The second-order valence-electron chi connectivity index (χ2n) is 8.77. The van der Waals surface area contributed by atoms with E-state index in [9.17, 15) is 9.59 Å². The minimum absolute atomic E-state index is 0.174. The number of anilines is 3. The molecule has 0 radical (unpaired) electrons. The number of hydrogen-bond acceptors (Lipinski definition) is 6. The lowest BCUT2D eigenvalue weighted by Gasteiger charge is -2.23. The lowest BCUT2D eigenvalue weighted by molar-refractivity contribution is -0.131. The van der Waals surface area contributed by atoms with Gasteiger partial charge in [-0.3, -0.25) is 4.79 Å². The molecule has 1 aliphatic rings. The number of benzene rings is 2. The molecule has 192 valence electrons. The summed E-state index contributed by atoms with van der Waals surface area (Å²) in [6.45, 7) is 2.91. The molecule has 8 nitrogen and oxygen atoms in total. The predicted molar refractivity (Wildman–Crippen MR) is 149 cm³/mol. The maximum atomic E-state index is 13.4. The summed E-state index contributed by atoms with van der Waals surface area (Å²) < 4.78 is 6.13. The molecule has 0 bridgehead atoms. The number of fused-ring (bicyclic) bond motifs is 3. The van der Waals surface area contributed by atoms with Gasteiger partial charge in [-0.05, 0) is 53.8 Å². The van der Waals surface area contributed by atoms with Gasteiger partial charge in [-0.2, -0.15) is 0 Å². The molecule has 0 aliphatic carbocycles. The first-order valence-electron chi connectivity index (χ1n) is 12.1. The summed E-state index contributed by atoms with van der Waals surface area (Å²) in [6.07, 6.45) is 4.99. The van der Waals surface area contributed by atoms with Gasteiger partial charge in [-0.15, -0.1) is 0 Å². The molecule has 0 saturated carbocycles. The normalized spacial score (nSPS) is 13.0. The first-order valence-corrected chi connectivity index (χ1v) is 12.5. The minimum Gasteiger partial charge on any atom is -0.493 e. The van der Waals surface area contributed by atoms with Crippen molar-refractivity contribution >= 4 is 57.6 Å². The zero-order chi connectivity index (χ0) is 26.8. The number of hydrogen-bond donors (Lipinski definition) is 1. The summed E-state index contributed by atoms with van der Waals surface area (Å²) in [6, 6.07) is 16.7. The number of amides is 1. The molecule has 1 N–H and O–H groups in total. The Morgan fingerprint density at radius 3 is 2.68 bits per heavy atom. The number of carbonyl (C=O) groups excluding carboxylic acids is 1. The van der Waals surface area contributed by atoms with Crippen molar-refractivity contribution in [3.63, 3.8) is 0 Å². The van der Waals surface area contributed by atoms with Crippen LogP contribution >= 0.6 is 11.6 Å². The Morgan fingerprint density at radius 2 is 1.89 bits per heavy atom. The summed E-state index contributed by atoms with van der Waals surface area (Å²) in [5.41, 5.74) is 2.81. The Morgan fingerprint density at radius 1 is 1.11 bits per heavy atom. The summed E-state index contributed by atoms with van der Waals surface area (Å²) in [4.78, 5) is 36.9. The third kappa shape index (κ3) is 4.78. The van der Waals surface area contributed by atoms with Crippen LogP contribution in [-0.2, 0) is 11.2 Å². The number of carbonyl (C=O) groups is 2. The van der Waals surface area contributed by atoms with Crippen molar-refractivity contribution in [2.75, 3.05) is 30.0 Å². The molecule has 2 aromatic carbocycles. The molecular weight excluding hydrogens is 504 g/mol. The zero-order valence-corrected chi connectivity index (χ0v) is 21.6. The fourth-order valence-corrected chi connectivity index (χ4v) is 4.74. The van der Waals surface area contributed by atoms with Crippen molar-refractivity contribution in [1.29, 1.82) is 0 Å². The third-order valence-corrected chi connectivity index (χ3v) is 6.65. The standard InChI is InChI=1S/C29H25ClN4O4/c1-3-34-27-22(29(37)33(2)23-11-12-25(30)32-28(23)34)16-18(17-31-27)14-15-38-24-9-5-7-20-19(10-13-26(35)36)6-4-8-21(20)24/h4-13,16-17H,3,14-15H2,1-2H3,(H,35,36)/b13-10+. The van der Waals surface area contributed by atoms with E-state index >= 15 is 0 Å². The van der Waals surface area contributed by atoms with Gasteiger partial charge in [0.1, 0.15) is 16.7 Å². The highest BCUT2D eigenvalue weighted by atomic mass is 35.5. The summed E-state index contributed by atoms with van der Waals surface area (Å²) >= 11 is 6.17. The first-order chi connectivity index (χ1) is 18.4. The Kier molecular flexibility index (Phi) is 6.98. The SMILES string of the molecule is CCN1c2ncc(CCOc3cccc4c(/C=C/C(=O)O)cccc34)cc2C(=O)N(C)c2ccc(Cl)nc21. The third-order valence-electron chi connectivity index (χ3n) is 6.44. The van der Waals surface area contributed by atoms with E-state index in [1.807, 2.05) is 54.3 Å². The van der Waals surface area contributed by atoms with Gasteiger partial charge in [0, 0.05) is 37.7 Å². The second kappa shape index (κ2) is 10.5. The van der Waals surface area contributed by atoms with Crippen molar-refractivity contribution in [1.82, 2.24) is 9.97 Å². The van der Waals surface area contributed by atoms with E-state index < -0.39 is 5.97 Å². The molecule has 1 amide bonds. The van der Waals surface area contributed by atoms with Gasteiger partial charge in [-0.25, -0.2) is 14.8 Å². The van der Waals surface area contributed by atoms with E-state index in [2.05, 4.69) is 9.97 Å². The highest BCUT2D eigenvalue weighted by Crippen LogP contribution is 2.38. The number of nitrogens with zero attached hydrogens (tertiary/aromatic N) is 4. The van der Waals surface area contributed by atoms with Crippen LogP contribution in [-0.4, -0.2) is 47.2 Å². The summed E-state index contributed by atoms with van der Waals surface area (Å²) in [5.74, 6) is 0.652. The molecule has 4 aromatic rings. The number of halogens is 1. The molecular formula is C29H25ClN4O4. The van der Waals surface area contributed by atoms with Crippen molar-refractivity contribution in [2.24, 2.45) is 0 Å². The van der Waals surface area contributed by atoms with Crippen LogP contribution in [0.15, 0.2) is 66.9 Å². The van der Waals surface area contributed by atoms with Crippen molar-refractivity contribution < 1.29 is 19.4 Å². The molecule has 0 spiro atoms. The van der Waals surface area contributed by atoms with Crippen LogP contribution in [0.4, 0.5) is 17.3 Å². The Hall–Kier alpha value is -4.43. The van der Waals surface area contributed by atoms with Crippen LogP contribution in [0.1, 0.15) is 28.4 Å². The molecule has 1 aliphatic heterocycles. The van der Waals surface area contributed by atoms with Crippen molar-refractivity contribution in [3.8, 4) is 5.75 Å². The topological polar surface area (TPSA) is 95.9 Å². The van der Waals surface area contributed by atoms with E-state index in [-0.39, 0.29) is 5.91 Å². The molecule has 0 unspecified atom stereocenters. The fraction of sp³-hybridized carbons (Fsp3) is 0.172. The highest BCUT2D eigenvalue weighted by molar-refractivity contribution is 6.29. The molecule has 0 saturated heterocycles. The van der Waals surface area contributed by atoms with Crippen LogP contribution in [0.3, 0.4) is 0 Å². The Labute approximate surface area is 224 Å². The molecule has 2 aromatic heterocycles. The minimum atomic E-state index is -1.00. The summed E-state index contributed by atoms with van der Waals surface area (Å²) in [5, 5.41) is 11.1. The number of pyridine rings is 2. The molecule has 0 atom stereocenters. The lowest BCUT2D eigenvalue weighted by atomic mass is 10.0. The monoisotopic (exact) mass is 528 g/mol. The highest BCUT2D eigenvalue weighted by Gasteiger charge is 2.31. The van der Waals surface area contributed by atoms with Gasteiger partial charge in [0.15, 0.2) is 5.82 Å². The lowest BCUT2D eigenvalue weighted by Crippen LogP contribution is -2.25. The predicted octanol–water partition coefficient (Wildman–Crippen LogP) is 5.75. The zero-order valence-electron chi connectivity index (χ0n) is 20.9. The number of carboxylic acids is 1. The molecule has 0 fully saturated rings. The van der Waals surface area contributed by atoms with Crippen LogP contribution in [0.2, 0.25) is 5.15 Å². The van der Waals surface area contributed by atoms with Gasteiger partial charge < -0.3 is 19.6 Å². The molecule has 9 heteroatoms.